The van der Waals surface area contributed by atoms with Gasteiger partial charge in [0.1, 0.15) is 0 Å². The Balaban J connectivity index is 3.74. The van der Waals surface area contributed by atoms with E-state index in [1.165, 1.54) is 0 Å². The number of anilines is 1. The van der Waals surface area contributed by atoms with E-state index in [1.807, 2.05) is 41.5 Å². The summed E-state index contributed by atoms with van der Waals surface area (Å²) in [6.45, 7) is 11.0. The molecule has 1 rings (SSSR count). The van der Waals surface area contributed by atoms with Crippen molar-refractivity contribution in [3.05, 3.63) is 35.4 Å². The molecule has 5 heteroatoms. The van der Waals surface area contributed by atoms with Gasteiger partial charge in [-0.25, -0.2) is 0 Å². The van der Waals surface area contributed by atoms with Crippen molar-refractivity contribution >= 4 is 23.7 Å². The second-order valence-corrected chi connectivity index (χ2v) is 8.73. The monoisotopic (exact) mass is 347 g/mol. The number of carbonyl (C=O) groups is 2. The minimum atomic E-state index is -2.00. The Labute approximate surface area is 149 Å². The van der Waals surface area contributed by atoms with Crippen LogP contribution in [0.3, 0.4) is 0 Å². The van der Waals surface area contributed by atoms with Crippen molar-refractivity contribution in [2.45, 2.75) is 48.0 Å². The van der Waals surface area contributed by atoms with Gasteiger partial charge in [0, 0.05) is 5.69 Å². The van der Waals surface area contributed by atoms with Crippen LogP contribution in [0.15, 0.2) is 29.8 Å². The van der Waals surface area contributed by atoms with E-state index in [0.29, 0.717) is 11.3 Å². The molecule has 0 atom stereocenters. The molecular weight excluding hydrogens is 318 g/mol. The first kappa shape index (κ1) is 20.7. The highest BCUT2D eigenvalue weighted by Gasteiger charge is 2.54. The summed E-state index contributed by atoms with van der Waals surface area (Å²) >= 11 is 0. The van der Waals surface area contributed by atoms with Crippen molar-refractivity contribution in [2.24, 2.45) is 16.2 Å². The third-order valence-electron chi connectivity index (χ3n) is 4.04. The highest BCUT2D eigenvalue weighted by Crippen LogP contribution is 2.48. The molecule has 0 aliphatic rings. The molecule has 1 aromatic rings. The summed E-state index contributed by atoms with van der Waals surface area (Å²) in [4.78, 5) is 24.5. The van der Waals surface area contributed by atoms with Gasteiger partial charge in [-0.3, -0.25) is 9.59 Å². The summed E-state index contributed by atoms with van der Waals surface area (Å²) in [5, 5.41) is 19.9. The number of hydrogen-bond donors (Lipinski definition) is 3. The van der Waals surface area contributed by atoms with E-state index in [2.05, 4.69) is 0 Å². The average molecular weight is 347 g/mol. The molecule has 0 bridgehead atoms. The Morgan fingerprint density at radius 1 is 0.960 bits per heavy atom. The topological polar surface area (TPSA) is 101 Å². The summed E-state index contributed by atoms with van der Waals surface area (Å²) in [7, 11) is 0. The maximum absolute atomic E-state index is 12.2. The number of benzene rings is 1. The lowest BCUT2D eigenvalue weighted by Gasteiger charge is -2.39. The highest BCUT2D eigenvalue weighted by molar-refractivity contribution is 6.03. The molecule has 138 valence electrons. The maximum Gasteiger partial charge on any atom is 0.325 e. The van der Waals surface area contributed by atoms with E-state index in [0.717, 1.165) is 5.56 Å². The second kappa shape index (κ2) is 6.90. The van der Waals surface area contributed by atoms with Gasteiger partial charge in [0.2, 0.25) is 0 Å². The molecule has 0 heterocycles. The predicted molar refractivity (Wildman–Crippen MR) is 100 cm³/mol. The van der Waals surface area contributed by atoms with Crippen molar-refractivity contribution in [1.82, 2.24) is 0 Å². The first-order valence-electron chi connectivity index (χ1n) is 8.25. The molecule has 0 radical (unpaired) electrons. The van der Waals surface area contributed by atoms with Gasteiger partial charge in [-0.15, -0.1) is 0 Å². The first-order valence-corrected chi connectivity index (χ1v) is 8.25. The lowest BCUT2D eigenvalue weighted by Crippen LogP contribution is -2.47. The molecule has 0 saturated heterocycles. The molecule has 5 nitrogen and oxygen atoms in total. The average Bonchev–Trinajstić information content (AvgIpc) is 2.41. The molecule has 0 fully saturated rings. The van der Waals surface area contributed by atoms with E-state index in [9.17, 15) is 19.8 Å². The van der Waals surface area contributed by atoms with Crippen molar-refractivity contribution in [3.8, 4) is 0 Å². The lowest BCUT2D eigenvalue weighted by atomic mass is 9.62. The molecule has 0 aliphatic carbocycles. The SMILES string of the molecule is CC(C)(C)CC(C(=O)O)(C(=O)O)C(=Cc1ccc(N)cc1)C(C)(C)C. The number of nitrogens with two attached hydrogens (primary N) is 1. The zero-order valence-corrected chi connectivity index (χ0v) is 15.9. The lowest BCUT2D eigenvalue weighted by molar-refractivity contribution is -0.164. The zero-order valence-electron chi connectivity index (χ0n) is 15.9. The minimum absolute atomic E-state index is 0.0112. The van der Waals surface area contributed by atoms with Gasteiger partial charge in [0.25, 0.3) is 0 Å². The van der Waals surface area contributed by atoms with E-state index in [1.54, 1.807) is 30.3 Å². The summed E-state index contributed by atoms with van der Waals surface area (Å²) in [5.41, 5.74) is 4.24. The summed E-state index contributed by atoms with van der Waals surface area (Å²) in [6, 6.07) is 6.93. The fraction of sp³-hybridized carbons (Fsp3) is 0.500. The Morgan fingerprint density at radius 2 is 1.40 bits per heavy atom. The molecule has 0 aliphatic heterocycles. The molecule has 0 spiro atoms. The molecule has 0 aromatic heterocycles. The van der Waals surface area contributed by atoms with Gasteiger partial charge in [0.05, 0.1) is 0 Å². The zero-order chi connectivity index (χ0) is 19.6. The third kappa shape index (κ3) is 4.84. The van der Waals surface area contributed by atoms with Gasteiger partial charge in [-0.2, -0.15) is 0 Å². The molecular formula is C20H29NO4. The van der Waals surface area contributed by atoms with E-state index in [-0.39, 0.29) is 6.42 Å². The molecule has 4 N–H and O–H groups in total. The van der Waals surface area contributed by atoms with Crippen LogP contribution < -0.4 is 5.73 Å². The van der Waals surface area contributed by atoms with Crippen LogP contribution in [0, 0.1) is 16.2 Å². The van der Waals surface area contributed by atoms with Crippen LogP contribution in [0.5, 0.6) is 0 Å². The third-order valence-corrected chi connectivity index (χ3v) is 4.04. The fourth-order valence-electron chi connectivity index (χ4n) is 3.10. The number of carboxylic acids is 2. The summed E-state index contributed by atoms with van der Waals surface area (Å²) in [5.74, 6) is -2.68. The molecule has 1 aromatic carbocycles. The van der Waals surface area contributed by atoms with Gasteiger partial charge in [-0.05, 0) is 40.5 Å². The number of nitrogen functional groups attached to an aromatic ring is 1. The van der Waals surface area contributed by atoms with Crippen molar-refractivity contribution in [3.63, 3.8) is 0 Å². The second-order valence-electron chi connectivity index (χ2n) is 8.73. The van der Waals surface area contributed by atoms with Gasteiger partial charge in [-0.1, -0.05) is 59.8 Å². The van der Waals surface area contributed by atoms with Crippen molar-refractivity contribution < 1.29 is 19.8 Å². The van der Waals surface area contributed by atoms with Crippen LogP contribution in [0.1, 0.15) is 53.5 Å². The van der Waals surface area contributed by atoms with Crippen LogP contribution in [-0.2, 0) is 9.59 Å². The van der Waals surface area contributed by atoms with Gasteiger partial charge < -0.3 is 15.9 Å². The quantitative estimate of drug-likeness (QED) is 0.545. The van der Waals surface area contributed by atoms with E-state index >= 15 is 0 Å². The number of rotatable bonds is 5. The Hall–Kier alpha value is -2.30. The predicted octanol–water partition coefficient (Wildman–Crippen LogP) is 4.29. The van der Waals surface area contributed by atoms with Crippen molar-refractivity contribution in [1.29, 1.82) is 0 Å². The van der Waals surface area contributed by atoms with Gasteiger partial charge >= 0.3 is 11.9 Å². The normalized spacial score (nSPS) is 13.6. The van der Waals surface area contributed by atoms with Crippen LogP contribution in [0.25, 0.3) is 6.08 Å². The molecule has 0 saturated carbocycles. The van der Waals surface area contributed by atoms with Crippen LogP contribution >= 0.6 is 0 Å². The van der Waals surface area contributed by atoms with Crippen LogP contribution in [-0.4, -0.2) is 22.2 Å². The van der Waals surface area contributed by atoms with Gasteiger partial charge in [0.15, 0.2) is 5.41 Å². The standard InChI is InChI=1S/C20H29NO4/c1-18(2,3)12-20(16(22)23,17(24)25)15(19(4,5)6)11-13-7-9-14(21)10-8-13/h7-11H,12,21H2,1-6H3,(H,22,23)(H,24,25). The summed E-state index contributed by atoms with van der Waals surface area (Å²) < 4.78 is 0. The Morgan fingerprint density at radius 3 is 1.72 bits per heavy atom. The van der Waals surface area contributed by atoms with E-state index < -0.39 is 28.2 Å². The fourth-order valence-corrected chi connectivity index (χ4v) is 3.10. The van der Waals surface area contributed by atoms with Crippen LogP contribution in [0.4, 0.5) is 5.69 Å². The molecule has 25 heavy (non-hydrogen) atoms. The van der Waals surface area contributed by atoms with Crippen LogP contribution in [0.2, 0.25) is 0 Å². The first-order chi connectivity index (χ1) is 11.2. The molecule has 0 unspecified atom stereocenters. The smallest absolute Gasteiger partial charge is 0.325 e. The van der Waals surface area contributed by atoms with Crippen molar-refractivity contribution in [2.75, 3.05) is 5.73 Å². The number of hydrogen-bond acceptors (Lipinski definition) is 3. The summed E-state index contributed by atoms with van der Waals surface area (Å²) in [6.07, 6.45) is 1.66. The largest absolute Gasteiger partial charge is 0.480 e. The van der Waals surface area contributed by atoms with E-state index in [4.69, 9.17) is 5.73 Å². The maximum atomic E-state index is 12.2. The minimum Gasteiger partial charge on any atom is -0.480 e. The Bertz CT molecular complexity index is 659. The highest BCUT2D eigenvalue weighted by atomic mass is 16.4. The number of carboxylic acid groups (broad SMARTS) is 2. The molecule has 0 amide bonds. The number of aliphatic carboxylic acids is 2. The Kier molecular flexibility index (Phi) is 5.73.